The van der Waals surface area contributed by atoms with Crippen molar-refractivity contribution in [1.29, 1.82) is 0 Å². The molecule has 0 saturated heterocycles. The van der Waals surface area contributed by atoms with Gasteiger partial charge < -0.3 is 4.18 Å². The Balaban J connectivity index is 2.54. The number of hydrogen-bond donors (Lipinski definition) is 1. The van der Waals surface area contributed by atoms with Crippen LogP contribution in [0.5, 0.6) is 5.75 Å². The second-order valence-corrected chi connectivity index (χ2v) is 2.04. The van der Waals surface area contributed by atoms with Gasteiger partial charge in [-0.3, -0.25) is 4.72 Å². The lowest BCUT2D eigenvalue weighted by Crippen LogP contribution is -1.81. The van der Waals surface area contributed by atoms with Crippen LogP contribution in [0.15, 0.2) is 12.5 Å². The lowest BCUT2D eigenvalue weighted by atomic mass is 10.5. The van der Waals surface area contributed by atoms with E-state index in [0.717, 1.165) is 18.0 Å². The van der Waals surface area contributed by atoms with Gasteiger partial charge in [-0.1, -0.05) is 0 Å². The summed E-state index contributed by atoms with van der Waals surface area (Å²) in [4.78, 5) is 7.66. The zero-order valence-electron chi connectivity index (χ0n) is 4.37. The molecule has 0 aliphatic carbocycles. The molecule has 0 radical (unpaired) electrons. The number of nitrogens with one attached hydrogen (secondary N) is 1. The Kier molecular flexibility index (Phi) is 0.955. The maximum atomic E-state index is 4.98. The van der Waals surface area contributed by atoms with Crippen LogP contribution in [-0.4, -0.2) is 9.97 Å². The molecule has 0 bridgehead atoms. The maximum absolute atomic E-state index is 4.98. The molecule has 9 heavy (non-hydrogen) atoms. The summed E-state index contributed by atoms with van der Waals surface area (Å²) in [6.45, 7) is 0. The summed E-state index contributed by atoms with van der Waals surface area (Å²) >= 11 is 1.15. The number of nitrogens with zero attached hydrogens (tertiary/aromatic N) is 2. The SMILES string of the molecule is c1ncc2c(n1)NSO2. The quantitative estimate of drug-likeness (QED) is 0.428. The van der Waals surface area contributed by atoms with Gasteiger partial charge in [0.15, 0.2) is 18.0 Å². The minimum absolute atomic E-state index is 0.697. The summed E-state index contributed by atoms with van der Waals surface area (Å²) in [5.41, 5.74) is 0. The van der Waals surface area contributed by atoms with E-state index in [1.165, 1.54) is 6.33 Å². The first kappa shape index (κ1) is 4.87. The van der Waals surface area contributed by atoms with Gasteiger partial charge in [-0.05, 0) is 0 Å². The van der Waals surface area contributed by atoms with Crippen LogP contribution in [0.1, 0.15) is 0 Å². The van der Waals surface area contributed by atoms with Gasteiger partial charge in [0.25, 0.3) is 0 Å². The minimum Gasteiger partial charge on any atom is -0.400 e. The molecule has 2 heterocycles. The topological polar surface area (TPSA) is 47.0 Å². The summed E-state index contributed by atoms with van der Waals surface area (Å²) in [5.74, 6) is 1.44. The molecule has 1 aromatic rings. The predicted molar refractivity (Wildman–Crippen MR) is 33.9 cm³/mol. The number of aromatic nitrogens is 2. The van der Waals surface area contributed by atoms with Gasteiger partial charge in [-0.25, -0.2) is 9.97 Å². The van der Waals surface area contributed by atoms with Gasteiger partial charge in [0.2, 0.25) is 5.75 Å². The molecule has 0 saturated carbocycles. The van der Waals surface area contributed by atoms with E-state index in [1.54, 1.807) is 6.20 Å². The number of hydrogen-bond acceptors (Lipinski definition) is 5. The summed E-state index contributed by atoms with van der Waals surface area (Å²) in [5, 5.41) is 0. The Hall–Kier alpha value is -0.970. The fraction of sp³-hybridized carbons (Fsp3) is 0. The van der Waals surface area contributed by atoms with Crippen LogP contribution < -0.4 is 8.91 Å². The molecule has 0 aromatic carbocycles. The van der Waals surface area contributed by atoms with Crippen molar-refractivity contribution >= 4 is 18.0 Å². The summed E-state index contributed by atoms with van der Waals surface area (Å²) in [6, 6.07) is 0. The highest BCUT2D eigenvalue weighted by molar-refractivity contribution is 7.96. The standard InChI is InChI=1S/C4H3N3OS/c1-3-4(6-2-5-1)7-9-8-3/h1-2H,(H,5,6,7). The average molecular weight is 141 g/mol. The smallest absolute Gasteiger partial charge is 0.201 e. The molecule has 0 atom stereocenters. The van der Waals surface area contributed by atoms with Gasteiger partial charge in [0.05, 0.1) is 6.20 Å². The predicted octanol–water partition coefficient (Wildman–Crippen LogP) is 0.844. The van der Waals surface area contributed by atoms with E-state index < -0.39 is 0 Å². The molecule has 0 spiro atoms. The van der Waals surface area contributed by atoms with Crippen LogP contribution >= 0.6 is 12.2 Å². The third-order valence-electron chi connectivity index (χ3n) is 0.948. The number of rotatable bonds is 0. The van der Waals surface area contributed by atoms with Crippen molar-refractivity contribution in [2.24, 2.45) is 0 Å². The molecule has 1 aromatic heterocycles. The van der Waals surface area contributed by atoms with Crippen LogP contribution in [-0.2, 0) is 0 Å². The lowest BCUT2D eigenvalue weighted by molar-refractivity contribution is 0.658. The summed E-state index contributed by atoms with van der Waals surface area (Å²) in [7, 11) is 0. The van der Waals surface area contributed by atoms with Crippen molar-refractivity contribution in [3.63, 3.8) is 0 Å². The summed E-state index contributed by atoms with van der Waals surface area (Å²) < 4.78 is 7.82. The zero-order chi connectivity index (χ0) is 6.10. The average Bonchev–Trinajstić information content (AvgIpc) is 2.33. The highest BCUT2D eigenvalue weighted by Gasteiger charge is 2.12. The van der Waals surface area contributed by atoms with Crippen LogP contribution in [0.3, 0.4) is 0 Å². The zero-order valence-corrected chi connectivity index (χ0v) is 5.18. The van der Waals surface area contributed by atoms with Crippen LogP contribution in [0, 0.1) is 0 Å². The number of anilines is 1. The van der Waals surface area contributed by atoms with Gasteiger partial charge in [0, 0.05) is 0 Å². The highest BCUT2D eigenvalue weighted by atomic mass is 32.2. The van der Waals surface area contributed by atoms with Crippen molar-refractivity contribution in [2.75, 3.05) is 4.72 Å². The molecule has 0 amide bonds. The second kappa shape index (κ2) is 1.77. The third-order valence-corrected chi connectivity index (χ3v) is 1.49. The van der Waals surface area contributed by atoms with E-state index in [0.29, 0.717) is 5.75 Å². The molecule has 1 aliphatic rings. The minimum atomic E-state index is 0.697. The Bertz CT molecular complexity index is 206. The van der Waals surface area contributed by atoms with Crippen LogP contribution in [0.4, 0.5) is 5.82 Å². The fourth-order valence-electron chi connectivity index (χ4n) is 0.560. The lowest BCUT2D eigenvalue weighted by Gasteiger charge is -1.87. The van der Waals surface area contributed by atoms with Crippen molar-refractivity contribution in [3.05, 3.63) is 12.5 Å². The van der Waals surface area contributed by atoms with E-state index in [1.807, 2.05) is 0 Å². The van der Waals surface area contributed by atoms with E-state index in [2.05, 4.69) is 14.7 Å². The molecule has 0 unspecified atom stereocenters. The fourth-order valence-corrected chi connectivity index (χ4v) is 1.05. The molecular weight excluding hydrogens is 138 g/mol. The van der Waals surface area contributed by atoms with Crippen molar-refractivity contribution in [3.8, 4) is 5.75 Å². The first-order valence-electron chi connectivity index (χ1n) is 2.36. The van der Waals surface area contributed by atoms with Crippen LogP contribution in [0.25, 0.3) is 0 Å². The molecule has 5 heteroatoms. The molecule has 1 aliphatic heterocycles. The van der Waals surface area contributed by atoms with Gasteiger partial charge >= 0.3 is 0 Å². The Morgan fingerprint density at radius 3 is 3.56 bits per heavy atom. The van der Waals surface area contributed by atoms with Crippen LogP contribution in [0.2, 0.25) is 0 Å². The van der Waals surface area contributed by atoms with E-state index in [4.69, 9.17) is 4.18 Å². The first-order valence-corrected chi connectivity index (χ1v) is 3.10. The molecular formula is C4H3N3OS. The van der Waals surface area contributed by atoms with Gasteiger partial charge in [0.1, 0.15) is 6.33 Å². The third kappa shape index (κ3) is 0.692. The molecule has 2 rings (SSSR count). The maximum Gasteiger partial charge on any atom is 0.201 e. The van der Waals surface area contributed by atoms with Crippen molar-refractivity contribution in [2.45, 2.75) is 0 Å². The monoisotopic (exact) mass is 141 g/mol. The molecule has 4 nitrogen and oxygen atoms in total. The van der Waals surface area contributed by atoms with Crippen molar-refractivity contribution < 1.29 is 4.18 Å². The van der Waals surface area contributed by atoms with Gasteiger partial charge in [-0.2, -0.15) is 0 Å². The molecule has 1 N–H and O–H groups in total. The molecule has 46 valence electrons. The summed E-state index contributed by atoms with van der Waals surface area (Å²) in [6.07, 6.45) is 3.09. The van der Waals surface area contributed by atoms with Gasteiger partial charge in [-0.15, -0.1) is 0 Å². The Morgan fingerprint density at radius 2 is 2.67 bits per heavy atom. The normalized spacial score (nSPS) is 13.8. The molecule has 0 fully saturated rings. The van der Waals surface area contributed by atoms with E-state index in [9.17, 15) is 0 Å². The van der Waals surface area contributed by atoms with E-state index in [-0.39, 0.29) is 0 Å². The second-order valence-electron chi connectivity index (χ2n) is 1.50. The Morgan fingerprint density at radius 1 is 1.67 bits per heavy atom. The first-order chi connectivity index (χ1) is 4.47. The Labute approximate surface area is 56.0 Å². The number of fused-ring (bicyclic) bond motifs is 1. The van der Waals surface area contributed by atoms with E-state index >= 15 is 0 Å². The highest BCUT2D eigenvalue weighted by Crippen LogP contribution is 2.31. The largest absolute Gasteiger partial charge is 0.400 e. The van der Waals surface area contributed by atoms with Crippen molar-refractivity contribution in [1.82, 2.24) is 9.97 Å².